The lowest BCUT2D eigenvalue weighted by molar-refractivity contribution is 0.625. The first-order valence-electron chi connectivity index (χ1n) is 5.77. The van der Waals surface area contributed by atoms with Crippen molar-refractivity contribution in [3.63, 3.8) is 0 Å². The molecule has 0 aliphatic rings. The Bertz CT molecular complexity index is 357. The highest BCUT2D eigenvalue weighted by molar-refractivity contribution is 5.24. The van der Waals surface area contributed by atoms with E-state index in [2.05, 4.69) is 50.4 Å². The van der Waals surface area contributed by atoms with Gasteiger partial charge < -0.3 is 0 Å². The molecule has 0 aliphatic carbocycles. The van der Waals surface area contributed by atoms with Crippen LogP contribution in [0.2, 0.25) is 0 Å². The molecule has 0 saturated carbocycles. The molecule has 0 spiro atoms. The maximum absolute atomic E-state index is 3.84. The van der Waals surface area contributed by atoms with E-state index in [0.717, 1.165) is 12.8 Å². The molecular formula is C16H20. The number of hydrogen-bond acceptors (Lipinski definition) is 0. The molecule has 1 rings (SSSR count). The van der Waals surface area contributed by atoms with Crippen molar-refractivity contribution in [2.24, 2.45) is 5.92 Å². The fraction of sp³-hybridized carbons (Fsp3) is 0.250. The van der Waals surface area contributed by atoms with Gasteiger partial charge in [-0.05, 0) is 29.9 Å². The lowest BCUT2D eigenvalue weighted by Crippen LogP contribution is -1.99. The van der Waals surface area contributed by atoms with Crippen molar-refractivity contribution in [3.05, 3.63) is 72.9 Å². The normalized spacial score (nSPS) is 13.2. The summed E-state index contributed by atoms with van der Waals surface area (Å²) in [5.41, 5.74) is 2.67. The van der Waals surface area contributed by atoms with Gasteiger partial charge in [-0.2, -0.15) is 0 Å². The van der Waals surface area contributed by atoms with Crippen LogP contribution < -0.4 is 0 Å². The molecule has 0 heteroatoms. The summed E-state index contributed by atoms with van der Waals surface area (Å²) in [6.45, 7) is 9.80. The molecule has 16 heavy (non-hydrogen) atoms. The predicted octanol–water partition coefficient (Wildman–Crippen LogP) is 4.55. The molecule has 1 unspecified atom stereocenters. The molecular weight excluding hydrogens is 192 g/mol. The Hall–Kier alpha value is -1.56. The van der Waals surface area contributed by atoms with Crippen molar-refractivity contribution < 1.29 is 0 Å². The van der Waals surface area contributed by atoms with Gasteiger partial charge in [0.15, 0.2) is 0 Å². The first-order chi connectivity index (χ1) is 7.77. The van der Waals surface area contributed by atoms with Crippen LogP contribution in [-0.4, -0.2) is 0 Å². The van der Waals surface area contributed by atoms with E-state index >= 15 is 0 Å². The van der Waals surface area contributed by atoms with Crippen molar-refractivity contribution in [1.82, 2.24) is 0 Å². The fourth-order valence-electron chi connectivity index (χ4n) is 1.76. The molecule has 0 radical (unpaired) electrons. The third-order valence-corrected chi connectivity index (χ3v) is 2.82. The average molecular weight is 212 g/mol. The molecule has 84 valence electrons. The second-order valence-corrected chi connectivity index (χ2v) is 4.03. The van der Waals surface area contributed by atoms with Crippen molar-refractivity contribution in [1.29, 1.82) is 0 Å². The number of hydrogen-bond donors (Lipinski definition) is 0. The van der Waals surface area contributed by atoms with E-state index in [9.17, 15) is 0 Å². The molecule has 1 atom stereocenters. The number of rotatable bonds is 6. The minimum Gasteiger partial charge on any atom is -0.0991 e. The molecule has 0 N–H and O–H groups in total. The zero-order valence-corrected chi connectivity index (χ0v) is 10.0. The van der Waals surface area contributed by atoms with Gasteiger partial charge in [0.25, 0.3) is 0 Å². The van der Waals surface area contributed by atoms with E-state index in [0.29, 0.717) is 5.92 Å². The Balaban J connectivity index is 2.52. The van der Waals surface area contributed by atoms with Gasteiger partial charge in [-0.25, -0.2) is 0 Å². The van der Waals surface area contributed by atoms with Crippen molar-refractivity contribution >= 4 is 0 Å². The van der Waals surface area contributed by atoms with Crippen LogP contribution in [0.25, 0.3) is 0 Å². The first-order valence-corrected chi connectivity index (χ1v) is 5.77. The van der Waals surface area contributed by atoms with E-state index in [1.165, 1.54) is 11.1 Å². The van der Waals surface area contributed by atoms with E-state index in [4.69, 9.17) is 0 Å². The van der Waals surface area contributed by atoms with Crippen molar-refractivity contribution in [2.45, 2.75) is 19.8 Å². The van der Waals surface area contributed by atoms with Crippen LogP contribution in [0.1, 0.15) is 18.9 Å². The summed E-state index contributed by atoms with van der Waals surface area (Å²) in [5, 5.41) is 0. The largest absolute Gasteiger partial charge is 0.0991 e. The van der Waals surface area contributed by atoms with Crippen LogP contribution in [0, 0.1) is 5.92 Å². The summed E-state index contributed by atoms with van der Waals surface area (Å²) in [6.07, 6.45) is 8.07. The highest BCUT2D eigenvalue weighted by Gasteiger charge is 2.05. The van der Waals surface area contributed by atoms with Gasteiger partial charge in [-0.1, -0.05) is 68.6 Å². The Kier molecular flexibility index (Phi) is 5.35. The highest BCUT2D eigenvalue weighted by atomic mass is 14.1. The van der Waals surface area contributed by atoms with Crippen molar-refractivity contribution in [2.75, 3.05) is 0 Å². The second kappa shape index (κ2) is 6.84. The van der Waals surface area contributed by atoms with Gasteiger partial charge in [0, 0.05) is 0 Å². The van der Waals surface area contributed by atoms with Gasteiger partial charge in [0.05, 0.1) is 0 Å². The number of benzene rings is 1. The highest BCUT2D eigenvalue weighted by Crippen LogP contribution is 2.18. The molecule has 0 aromatic heterocycles. The minimum atomic E-state index is 0.538. The first kappa shape index (κ1) is 12.5. The van der Waals surface area contributed by atoms with E-state index in [1.807, 2.05) is 18.2 Å². The van der Waals surface area contributed by atoms with E-state index < -0.39 is 0 Å². The third-order valence-electron chi connectivity index (χ3n) is 2.82. The molecule has 1 aromatic carbocycles. The molecule has 0 amide bonds. The predicted molar refractivity (Wildman–Crippen MR) is 72.4 cm³/mol. The summed E-state index contributed by atoms with van der Waals surface area (Å²) in [7, 11) is 0. The molecule has 0 bridgehead atoms. The van der Waals surface area contributed by atoms with Crippen LogP contribution in [0.4, 0.5) is 0 Å². The number of allylic oxidation sites excluding steroid dienone is 4. The summed E-state index contributed by atoms with van der Waals surface area (Å²) in [4.78, 5) is 0. The van der Waals surface area contributed by atoms with Gasteiger partial charge in [-0.3, -0.25) is 0 Å². The van der Waals surface area contributed by atoms with E-state index in [1.54, 1.807) is 0 Å². The summed E-state index contributed by atoms with van der Waals surface area (Å²) < 4.78 is 0. The average Bonchev–Trinajstić information content (AvgIpc) is 2.34. The van der Waals surface area contributed by atoms with Gasteiger partial charge in [0.1, 0.15) is 0 Å². The Labute approximate surface area is 99.0 Å². The van der Waals surface area contributed by atoms with Crippen LogP contribution in [0.15, 0.2) is 67.3 Å². The Morgan fingerprint density at radius 2 is 1.94 bits per heavy atom. The third kappa shape index (κ3) is 3.90. The molecule has 0 heterocycles. The smallest absolute Gasteiger partial charge is 0.0187 e. The lowest BCUT2D eigenvalue weighted by Gasteiger charge is -2.12. The maximum Gasteiger partial charge on any atom is -0.0187 e. The fourth-order valence-corrected chi connectivity index (χ4v) is 1.76. The van der Waals surface area contributed by atoms with Crippen LogP contribution in [0.5, 0.6) is 0 Å². The Morgan fingerprint density at radius 1 is 1.25 bits per heavy atom. The van der Waals surface area contributed by atoms with Crippen molar-refractivity contribution in [3.8, 4) is 0 Å². The summed E-state index contributed by atoms with van der Waals surface area (Å²) in [6, 6.07) is 10.6. The minimum absolute atomic E-state index is 0.538. The maximum atomic E-state index is 3.84. The van der Waals surface area contributed by atoms with Crippen LogP contribution in [0.3, 0.4) is 0 Å². The SMILES string of the molecule is C=C/C=C(\C=C)C(C)CCc1ccccc1. The zero-order valence-electron chi connectivity index (χ0n) is 10.0. The number of aryl methyl sites for hydroxylation is 1. The van der Waals surface area contributed by atoms with Gasteiger partial charge in [-0.15, -0.1) is 0 Å². The summed E-state index contributed by atoms with van der Waals surface area (Å²) in [5.74, 6) is 0.538. The molecule has 0 aliphatic heterocycles. The Morgan fingerprint density at radius 3 is 2.50 bits per heavy atom. The van der Waals surface area contributed by atoms with E-state index in [-0.39, 0.29) is 0 Å². The molecule has 0 fully saturated rings. The monoisotopic (exact) mass is 212 g/mol. The molecule has 1 aromatic rings. The van der Waals surface area contributed by atoms with Gasteiger partial charge >= 0.3 is 0 Å². The van der Waals surface area contributed by atoms with Crippen LogP contribution >= 0.6 is 0 Å². The van der Waals surface area contributed by atoms with Crippen LogP contribution in [-0.2, 0) is 6.42 Å². The standard InChI is InChI=1S/C16H20/c1-4-9-16(5-2)14(3)12-13-15-10-7-6-8-11-15/h4-11,14H,1-2,12-13H2,3H3/b16-9+. The lowest BCUT2D eigenvalue weighted by atomic mass is 9.93. The molecule has 0 nitrogen and oxygen atoms in total. The topological polar surface area (TPSA) is 0 Å². The zero-order chi connectivity index (χ0) is 11.8. The quantitative estimate of drug-likeness (QED) is 0.607. The summed E-state index contributed by atoms with van der Waals surface area (Å²) >= 11 is 0. The molecule has 0 saturated heterocycles. The van der Waals surface area contributed by atoms with Gasteiger partial charge in [0.2, 0.25) is 0 Å². The second-order valence-electron chi connectivity index (χ2n) is 4.03.